The van der Waals surface area contributed by atoms with Crippen molar-refractivity contribution in [2.24, 2.45) is 0 Å². The molecule has 2 aromatic rings. The lowest BCUT2D eigenvalue weighted by molar-refractivity contribution is -0.384. The van der Waals surface area contributed by atoms with Crippen LogP contribution in [-0.2, 0) is 9.59 Å². The molecule has 0 saturated carbocycles. The number of non-ortho nitro benzene ring substituents is 1. The number of likely N-dealkylation sites (tertiary alicyclic amines) is 1. The van der Waals surface area contributed by atoms with Crippen LogP contribution in [0, 0.1) is 10.1 Å². The van der Waals surface area contributed by atoms with E-state index in [2.05, 4.69) is 0 Å². The number of Topliss-reactive ketones (excluding diaryl/α,β-unsaturated/α-hetero) is 1. The summed E-state index contributed by atoms with van der Waals surface area (Å²) in [5.41, 5.74) is 0.599. The Balaban J connectivity index is 2.19. The molecule has 0 radical (unpaired) electrons. The van der Waals surface area contributed by atoms with E-state index < -0.39 is 22.7 Å². The number of nitro groups is 1. The number of amides is 1. The predicted octanol–water partition coefficient (Wildman–Crippen LogP) is 4.21. The number of aliphatic hydroxyl groups is 1. The molecule has 1 unspecified atom stereocenters. The van der Waals surface area contributed by atoms with Gasteiger partial charge in [0.1, 0.15) is 11.5 Å². The molecule has 1 aliphatic rings. The van der Waals surface area contributed by atoms with Gasteiger partial charge in [-0.05, 0) is 38.5 Å². The second kappa shape index (κ2) is 8.99. The summed E-state index contributed by atoms with van der Waals surface area (Å²) in [4.78, 5) is 37.5. The first-order valence-corrected chi connectivity index (χ1v) is 10.0. The number of benzene rings is 2. The number of aliphatic hydroxyl groups excluding tert-OH is 1. The van der Waals surface area contributed by atoms with E-state index in [4.69, 9.17) is 4.74 Å². The molecule has 0 aliphatic carbocycles. The number of carbonyl (C=O) groups is 2. The first-order valence-electron chi connectivity index (χ1n) is 10.0. The highest BCUT2D eigenvalue weighted by atomic mass is 16.6. The minimum atomic E-state index is -0.829. The second-order valence-corrected chi connectivity index (χ2v) is 7.50. The van der Waals surface area contributed by atoms with Gasteiger partial charge in [0.15, 0.2) is 0 Å². The zero-order chi connectivity index (χ0) is 22.7. The van der Waals surface area contributed by atoms with E-state index in [1.807, 2.05) is 20.8 Å². The van der Waals surface area contributed by atoms with Crippen LogP contribution in [0.25, 0.3) is 5.76 Å². The zero-order valence-corrected chi connectivity index (χ0v) is 17.6. The Labute approximate surface area is 179 Å². The predicted molar refractivity (Wildman–Crippen MR) is 115 cm³/mol. The Kier molecular flexibility index (Phi) is 6.39. The van der Waals surface area contributed by atoms with Gasteiger partial charge in [-0.15, -0.1) is 0 Å². The Morgan fingerprint density at radius 3 is 2.39 bits per heavy atom. The molecule has 1 amide bonds. The van der Waals surface area contributed by atoms with Crippen LogP contribution < -0.4 is 4.74 Å². The molecule has 3 rings (SSSR count). The summed E-state index contributed by atoms with van der Waals surface area (Å²) >= 11 is 0. The van der Waals surface area contributed by atoms with E-state index in [0.29, 0.717) is 24.3 Å². The monoisotopic (exact) mass is 424 g/mol. The van der Waals surface area contributed by atoms with Crippen LogP contribution in [0.2, 0.25) is 0 Å². The van der Waals surface area contributed by atoms with Crippen molar-refractivity contribution in [2.75, 3.05) is 6.54 Å². The molecule has 0 spiro atoms. The molecule has 8 heteroatoms. The van der Waals surface area contributed by atoms with Crippen molar-refractivity contribution >= 4 is 23.1 Å². The van der Waals surface area contributed by atoms with Crippen LogP contribution in [-0.4, -0.2) is 39.3 Å². The molecular weight excluding hydrogens is 400 g/mol. The number of hydrogen-bond acceptors (Lipinski definition) is 6. The molecule has 1 atom stereocenters. The highest BCUT2D eigenvalue weighted by Gasteiger charge is 2.46. The van der Waals surface area contributed by atoms with Gasteiger partial charge in [-0.1, -0.05) is 25.1 Å². The van der Waals surface area contributed by atoms with Crippen molar-refractivity contribution in [3.63, 3.8) is 0 Å². The van der Waals surface area contributed by atoms with E-state index in [-0.39, 0.29) is 28.7 Å². The average Bonchev–Trinajstić information content (AvgIpc) is 2.98. The number of hydrogen-bond donors (Lipinski definition) is 1. The first-order chi connectivity index (χ1) is 14.8. The number of rotatable bonds is 7. The minimum Gasteiger partial charge on any atom is -0.507 e. The molecular formula is C23H24N2O6. The standard InChI is InChI=1S/C23H24N2O6/c1-4-13-24-20(17-7-5-6-8-18(17)31-14(2)3)19(22(27)23(24)28)21(26)15-9-11-16(12-10-15)25(29)30/h5-12,14,20,26H,4,13H2,1-3H3/b21-19-. The molecule has 8 nitrogen and oxygen atoms in total. The summed E-state index contributed by atoms with van der Waals surface area (Å²) in [7, 11) is 0. The Morgan fingerprint density at radius 1 is 1.16 bits per heavy atom. The van der Waals surface area contributed by atoms with Crippen molar-refractivity contribution in [3.05, 3.63) is 75.3 Å². The third kappa shape index (κ3) is 4.28. The maximum atomic E-state index is 12.9. The van der Waals surface area contributed by atoms with Crippen molar-refractivity contribution < 1.29 is 24.4 Å². The van der Waals surface area contributed by atoms with Gasteiger partial charge < -0.3 is 14.7 Å². The molecule has 1 N–H and O–H groups in total. The highest BCUT2D eigenvalue weighted by molar-refractivity contribution is 6.46. The van der Waals surface area contributed by atoms with Crippen LogP contribution in [0.5, 0.6) is 5.75 Å². The highest BCUT2D eigenvalue weighted by Crippen LogP contribution is 2.43. The average molecular weight is 424 g/mol. The van der Waals surface area contributed by atoms with E-state index in [1.54, 1.807) is 24.3 Å². The Bertz CT molecular complexity index is 1040. The lowest BCUT2D eigenvalue weighted by atomic mass is 9.94. The molecule has 162 valence electrons. The second-order valence-electron chi connectivity index (χ2n) is 7.50. The summed E-state index contributed by atoms with van der Waals surface area (Å²) < 4.78 is 5.90. The zero-order valence-electron chi connectivity index (χ0n) is 17.6. The topological polar surface area (TPSA) is 110 Å². The smallest absolute Gasteiger partial charge is 0.295 e. The van der Waals surface area contributed by atoms with Gasteiger partial charge in [0.2, 0.25) is 0 Å². The fourth-order valence-corrected chi connectivity index (χ4v) is 3.64. The third-order valence-electron chi connectivity index (χ3n) is 4.93. The number of carbonyl (C=O) groups excluding carboxylic acids is 2. The van der Waals surface area contributed by atoms with Gasteiger partial charge in [0.25, 0.3) is 17.4 Å². The van der Waals surface area contributed by atoms with E-state index in [0.717, 1.165) is 0 Å². The van der Waals surface area contributed by atoms with Gasteiger partial charge in [-0.25, -0.2) is 0 Å². The van der Waals surface area contributed by atoms with Crippen molar-refractivity contribution in [2.45, 2.75) is 39.3 Å². The quantitative estimate of drug-likeness (QED) is 0.234. The van der Waals surface area contributed by atoms with Gasteiger partial charge in [-0.2, -0.15) is 0 Å². The summed E-state index contributed by atoms with van der Waals surface area (Å²) in [6, 6.07) is 11.5. The van der Waals surface area contributed by atoms with E-state index in [9.17, 15) is 24.8 Å². The number of ether oxygens (including phenoxy) is 1. The van der Waals surface area contributed by atoms with E-state index >= 15 is 0 Å². The summed E-state index contributed by atoms with van der Waals surface area (Å²) in [6.45, 7) is 5.96. The van der Waals surface area contributed by atoms with Crippen molar-refractivity contribution in [1.29, 1.82) is 0 Å². The van der Waals surface area contributed by atoms with Crippen molar-refractivity contribution in [1.82, 2.24) is 4.90 Å². The molecule has 1 heterocycles. The van der Waals surface area contributed by atoms with Crippen LogP contribution in [0.1, 0.15) is 44.4 Å². The lowest BCUT2D eigenvalue weighted by Crippen LogP contribution is -2.30. The van der Waals surface area contributed by atoms with Gasteiger partial charge in [-0.3, -0.25) is 19.7 Å². The summed E-state index contributed by atoms with van der Waals surface area (Å²) in [5, 5.41) is 21.9. The summed E-state index contributed by atoms with van der Waals surface area (Å²) in [5.74, 6) is -1.36. The maximum absolute atomic E-state index is 12.9. The van der Waals surface area contributed by atoms with Gasteiger partial charge >= 0.3 is 0 Å². The van der Waals surface area contributed by atoms with E-state index in [1.165, 1.54) is 29.2 Å². The SMILES string of the molecule is CCCN1C(=O)C(=O)/C(=C(\O)c2ccc([N+](=O)[O-])cc2)C1c1ccccc1OC(C)C. The molecule has 1 aliphatic heterocycles. The molecule has 0 bridgehead atoms. The third-order valence-corrected chi connectivity index (χ3v) is 4.93. The molecule has 2 aromatic carbocycles. The number of nitro benzene ring substituents is 1. The molecule has 1 saturated heterocycles. The fraction of sp³-hybridized carbons (Fsp3) is 0.304. The largest absolute Gasteiger partial charge is 0.507 e. The number of ketones is 1. The Hall–Kier alpha value is -3.68. The number of nitrogens with zero attached hydrogens (tertiary/aromatic N) is 2. The molecule has 31 heavy (non-hydrogen) atoms. The summed E-state index contributed by atoms with van der Waals surface area (Å²) in [6.07, 6.45) is 0.484. The van der Waals surface area contributed by atoms with Gasteiger partial charge in [0.05, 0.1) is 22.6 Å². The molecule has 0 aromatic heterocycles. The van der Waals surface area contributed by atoms with Crippen LogP contribution >= 0.6 is 0 Å². The van der Waals surface area contributed by atoms with Crippen LogP contribution in [0.15, 0.2) is 54.1 Å². The fourth-order valence-electron chi connectivity index (χ4n) is 3.64. The normalized spacial score (nSPS) is 17.9. The lowest BCUT2D eigenvalue weighted by Gasteiger charge is -2.27. The molecule has 1 fully saturated rings. The van der Waals surface area contributed by atoms with Crippen molar-refractivity contribution in [3.8, 4) is 5.75 Å². The van der Waals surface area contributed by atoms with Gasteiger partial charge in [0, 0.05) is 29.8 Å². The minimum absolute atomic E-state index is 0.0629. The van der Waals surface area contributed by atoms with Crippen LogP contribution in [0.3, 0.4) is 0 Å². The number of para-hydroxylation sites is 1. The van der Waals surface area contributed by atoms with Crippen LogP contribution in [0.4, 0.5) is 5.69 Å². The first kappa shape index (κ1) is 22.0. The Morgan fingerprint density at radius 2 is 1.81 bits per heavy atom. The maximum Gasteiger partial charge on any atom is 0.295 e.